The molecular weight excluding hydrogens is 326 g/mol. The van der Waals surface area contributed by atoms with Gasteiger partial charge in [0.15, 0.2) is 0 Å². The van der Waals surface area contributed by atoms with E-state index in [1.54, 1.807) is 0 Å². The Labute approximate surface area is 153 Å². The van der Waals surface area contributed by atoms with Crippen molar-refractivity contribution in [3.8, 4) is 0 Å². The Morgan fingerprint density at radius 2 is 1.96 bits per heavy atom. The van der Waals surface area contributed by atoms with Gasteiger partial charge in [-0.15, -0.1) is 0 Å². The summed E-state index contributed by atoms with van der Waals surface area (Å²) < 4.78 is 5.46. The molecule has 1 saturated heterocycles. The molecule has 0 saturated carbocycles. The predicted molar refractivity (Wildman–Crippen MR) is 104 cm³/mol. The molecule has 6 nitrogen and oxygen atoms in total. The molecule has 1 N–H and O–H groups in total. The van der Waals surface area contributed by atoms with E-state index in [-0.39, 0.29) is 0 Å². The molecule has 3 heterocycles. The standard InChI is InChI=1S/C20H23N5O/c1-2-5-16-13-19(25-8-10-26-11-9-25)24-20(22-16)23-17-12-15-6-3-4-7-18(15)21-14-17/h3-4,6-7,12-14H,2,5,8-11H2,1H3,(H,22,23,24). The first-order chi connectivity index (χ1) is 12.8. The summed E-state index contributed by atoms with van der Waals surface area (Å²) in [7, 11) is 0. The van der Waals surface area contributed by atoms with Gasteiger partial charge in [0.05, 0.1) is 30.6 Å². The molecule has 134 valence electrons. The molecule has 6 heteroatoms. The van der Waals surface area contributed by atoms with Gasteiger partial charge in [0.2, 0.25) is 5.95 Å². The second-order valence-corrected chi connectivity index (χ2v) is 6.43. The van der Waals surface area contributed by atoms with E-state index in [4.69, 9.17) is 9.72 Å². The van der Waals surface area contributed by atoms with Crippen LogP contribution in [0.15, 0.2) is 42.6 Å². The third kappa shape index (κ3) is 3.75. The molecule has 0 spiro atoms. The quantitative estimate of drug-likeness (QED) is 0.760. The van der Waals surface area contributed by atoms with Gasteiger partial charge < -0.3 is 15.0 Å². The smallest absolute Gasteiger partial charge is 0.229 e. The van der Waals surface area contributed by atoms with E-state index in [9.17, 15) is 0 Å². The number of pyridine rings is 1. The first-order valence-electron chi connectivity index (χ1n) is 9.14. The number of ether oxygens (including phenoxy) is 1. The topological polar surface area (TPSA) is 63.2 Å². The lowest BCUT2D eigenvalue weighted by atomic mass is 10.2. The van der Waals surface area contributed by atoms with Gasteiger partial charge in [-0.1, -0.05) is 31.5 Å². The van der Waals surface area contributed by atoms with E-state index in [0.29, 0.717) is 5.95 Å². The SMILES string of the molecule is CCCc1cc(N2CCOCC2)nc(Nc2cnc3ccccc3c2)n1. The monoisotopic (exact) mass is 349 g/mol. The van der Waals surface area contributed by atoms with E-state index >= 15 is 0 Å². The molecule has 0 amide bonds. The van der Waals surface area contributed by atoms with E-state index in [2.05, 4.69) is 45.3 Å². The van der Waals surface area contributed by atoms with Crippen molar-refractivity contribution in [1.82, 2.24) is 15.0 Å². The van der Waals surface area contributed by atoms with Crippen LogP contribution >= 0.6 is 0 Å². The Morgan fingerprint density at radius 3 is 2.81 bits per heavy atom. The number of rotatable bonds is 5. The normalized spacial score (nSPS) is 14.6. The second kappa shape index (κ2) is 7.66. The fourth-order valence-corrected chi connectivity index (χ4v) is 3.15. The highest BCUT2D eigenvalue weighted by Crippen LogP contribution is 2.22. The Balaban J connectivity index is 1.63. The summed E-state index contributed by atoms with van der Waals surface area (Å²) >= 11 is 0. The van der Waals surface area contributed by atoms with E-state index < -0.39 is 0 Å². The molecule has 0 radical (unpaired) electrons. The summed E-state index contributed by atoms with van der Waals surface area (Å²) in [4.78, 5) is 16.2. The Morgan fingerprint density at radius 1 is 1.12 bits per heavy atom. The minimum Gasteiger partial charge on any atom is -0.378 e. The summed E-state index contributed by atoms with van der Waals surface area (Å²) in [5.74, 6) is 1.58. The lowest BCUT2D eigenvalue weighted by molar-refractivity contribution is 0.122. The van der Waals surface area contributed by atoms with Crippen molar-refractivity contribution in [1.29, 1.82) is 0 Å². The van der Waals surface area contributed by atoms with Gasteiger partial charge >= 0.3 is 0 Å². The number of nitrogens with zero attached hydrogens (tertiary/aromatic N) is 4. The molecule has 1 fully saturated rings. The third-order valence-electron chi connectivity index (χ3n) is 4.45. The van der Waals surface area contributed by atoms with Crippen molar-refractivity contribution in [3.63, 3.8) is 0 Å². The van der Waals surface area contributed by atoms with Crippen LogP contribution in [0.25, 0.3) is 10.9 Å². The number of para-hydroxylation sites is 1. The van der Waals surface area contributed by atoms with E-state index in [0.717, 1.165) is 67.2 Å². The van der Waals surface area contributed by atoms with Gasteiger partial charge in [-0.25, -0.2) is 4.98 Å². The molecule has 1 aliphatic rings. The van der Waals surface area contributed by atoms with Crippen LogP contribution in [0.2, 0.25) is 0 Å². The maximum atomic E-state index is 5.46. The Hall–Kier alpha value is -2.73. The average molecular weight is 349 g/mol. The molecule has 0 aliphatic carbocycles. The number of aromatic nitrogens is 3. The van der Waals surface area contributed by atoms with Gasteiger partial charge in [0.1, 0.15) is 5.82 Å². The van der Waals surface area contributed by atoms with Crippen LogP contribution in [0.1, 0.15) is 19.0 Å². The summed E-state index contributed by atoms with van der Waals surface area (Å²) in [6, 6.07) is 12.2. The Bertz CT molecular complexity index is 892. The maximum absolute atomic E-state index is 5.46. The zero-order valence-corrected chi connectivity index (χ0v) is 15.0. The van der Waals surface area contributed by atoms with Gasteiger partial charge in [-0.05, 0) is 18.6 Å². The fourth-order valence-electron chi connectivity index (χ4n) is 3.15. The van der Waals surface area contributed by atoms with Crippen LogP contribution < -0.4 is 10.2 Å². The number of fused-ring (bicyclic) bond motifs is 1. The molecule has 2 aromatic heterocycles. The van der Waals surface area contributed by atoms with Gasteiger partial charge in [-0.2, -0.15) is 4.98 Å². The summed E-state index contributed by atoms with van der Waals surface area (Å²) in [6.45, 7) is 5.37. The van der Waals surface area contributed by atoms with Crippen molar-refractivity contribution in [2.45, 2.75) is 19.8 Å². The zero-order chi connectivity index (χ0) is 17.8. The Kier molecular flexibility index (Phi) is 4.93. The van der Waals surface area contributed by atoms with Crippen LogP contribution in [-0.2, 0) is 11.2 Å². The van der Waals surface area contributed by atoms with E-state index in [1.807, 2.05) is 24.4 Å². The largest absolute Gasteiger partial charge is 0.378 e. The number of hydrogen-bond acceptors (Lipinski definition) is 6. The average Bonchev–Trinajstić information content (AvgIpc) is 2.69. The number of aryl methyl sites for hydroxylation is 1. The number of anilines is 3. The zero-order valence-electron chi connectivity index (χ0n) is 15.0. The first kappa shape index (κ1) is 16.7. The fraction of sp³-hybridized carbons (Fsp3) is 0.350. The predicted octanol–water partition coefficient (Wildman–Crippen LogP) is 3.56. The van der Waals surface area contributed by atoms with Gasteiger partial charge in [0, 0.05) is 30.2 Å². The minimum absolute atomic E-state index is 0.620. The molecule has 0 unspecified atom stereocenters. The van der Waals surface area contributed by atoms with Gasteiger partial charge in [-0.3, -0.25) is 4.98 Å². The van der Waals surface area contributed by atoms with Crippen molar-refractivity contribution in [2.24, 2.45) is 0 Å². The molecule has 0 atom stereocenters. The van der Waals surface area contributed by atoms with Crippen molar-refractivity contribution < 1.29 is 4.74 Å². The highest BCUT2D eigenvalue weighted by atomic mass is 16.5. The molecule has 4 rings (SSSR count). The highest BCUT2D eigenvalue weighted by Gasteiger charge is 2.15. The minimum atomic E-state index is 0.620. The summed E-state index contributed by atoms with van der Waals surface area (Å²) in [5.41, 5.74) is 2.93. The van der Waals surface area contributed by atoms with Gasteiger partial charge in [0.25, 0.3) is 0 Å². The molecule has 0 bridgehead atoms. The van der Waals surface area contributed by atoms with Crippen LogP contribution in [0.5, 0.6) is 0 Å². The number of hydrogen-bond donors (Lipinski definition) is 1. The van der Waals surface area contributed by atoms with E-state index in [1.165, 1.54) is 0 Å². The molecular formula is C20H23N5O. The van der Waals surface area contributed by atoms with Crippen molar-refractivity contribution in [3.05, 3.63) is 48.3 Å². The van der Waals surface area contributed by atoms with Crippen LogP contribution in [-0.4, -0.2) is 41.3 Å². The molecule has 1 aliphatic heterocycles. The molecule has 1 aromatic carbocycles. The lowest BCUT2D eigenvalue weighted by Crippen LogP contribution is -2.37. The first-order valence-corrected chi connectivity index (χ1v) is 9.14. The summed E-state index contributed by atoms with van der Waals surface area (Å²) in [6.07, 6.45) is 3.81. The van der Waals surface area contributed by atoms with Crippen LogP contribution in [0.3, 0.4) is 0 Å². The molecule has 26 heavy (non-hydrogen) atoms. The maximum Gasteiger partial charge on any atom is 0.229 e. The van der Waals surface area contributed by atoms with Crippen LogP contribution in [0.4, 0.5) is 17.5 Å². The highest BCUT2D eigenvalue weighted by molar-refractivity contribution is 5.82. The third-order valence-corrected chi connectivity index (χ3v) is 4.45. The van der Waals surface area contributed by atoms with Crippen molar-refractivity contribution in [2.75, 3.05) is 36.5 Å². The van der Waals surface area contributed by atoms with Crippen molar-refractivity contribution >= 4 is 28.4 Å². The summed E-state index contributed by atoms with van der Waals surface area (Å²) in [5, 5.41) is 4.42. The lowest BCUT2D eigenvalue weighted by Gasteiger charge is -2.28. The number of morpholine rings is 1. The second-order valence-electron chi connectivity index (χ2n) is 6.43. The number of nitrogens with one attached hydrogen (secondary N) is 1. The molecule has 3 aromatic rings. The van der Waals surface area contributed by atoms with Crippen LogP contribution in [0, 0.1) is 0 Å². The number of benzene rings is 1.